The van der Waals surface area contributed by atoms with Crippen molar-refractivity contribution in [3.63, 3.8) is 0 Å². The molecule has 2 aliphatic rings. The number of ether oxygens (including phenoxy) is 2. The van der Waals surface area contributed by atoms with Gasteiger partial charge in [0.15, 0.2) is 0 Å². The molecule has 3 atom stereocenters. The van der Waals surface area contributed by atoms with Crippen LogP contribution >= 0.6 is 12.4 Å². The number of anilines is 1. The predicted octanol–water partition coefficient (Wildman–Crippen LogP) is 3.51. The highest BCUT2D eigenvalue weighted by Gasteiger charge is 2.37. The fourth-order valence-corrected chi connectivity index (χ4v) is 3.62. The third-order valence-corrected chi connectivity index (χ3v) is 5.15. The number of nitrogens with two attached hydrogens (primary N) is 1. The maximum atomic E-state index is 12.5. The van der Waals surface area contributed by atoms with E-state index in [4.69, 9.17) is 15.2 Å². The summed E-state index contributed by atoms with van der Waals surface area (Å²) in [4.78, 5) is 12.5. The number of benzene rings is 1. The zero-order valence-corrected chi connectivity index (χ0v) is 15.6. The van der Waals surface area contributed by atoms with Gasteiger partial charge in [0.05, 0.1) is 12.0 Å². The van der Waals surface area contributed by atoms with Gasteiger partial charge in [0.25, 0.3) is 0 Å². The Morgan fingerprint density at radius 2 is 2.04 bits per heavy atom. The van der Waals surface area contributed by atoms with Gasteiger partial charge in [0, 0.05) is 17.8 Å². The lowest BCUT2D eigenvalue weighted by molar-refractivity contribution is -0.122. The second-order valence-corrected chi connectivity index (χ2v) is 7.26. The van der Waals surface area contributed by atoms with Crippen molar-refractivity contribution in [2.24, 2.45) is 11.7 Å². The van der Waals surface area contributed by atoms with E-state index in [1.165, 1.54) is 0 Å². The molecule has 25 heavy (non-hydrogen) atoms. The molecule has 3 N–H and O–H groups in total. The maximum Gasteiger partial charge on any atom is 0.229 e. The summed E-state index contributed by atoms with van der Waals surface area (Å²) in [7, 11) is 0. The Labute approximate surface area is 156 Å². The Balaban J connectivity index is 0.00000225. The van der Waals surface area contributed by atoms with Crippen LogP contribution in [0.2, 0.25) is 0 Å². The van der Waals surface area contributed by atoms with Gasteiger partial charge in [-0.25, -0.2) is 0 Å². The second-order valence-electron chi connectivity index (χ2n) is 7.26. The second kappa shape index (κ2) is 8.88. The van der Waals surface area contributed by atoms with Crippen molar-refractivity contribution in [3.8, 4) is 5.75 Å². The molecule has 1 aliphatic heterocycles. The minimum absolute atomic E-state index is 0. The lowest BCUT2D eigenvalue weighted by Gasteiger charge is -2.37. The molecule has 0 bridgehead atoms. The van der Waals surface area contributed by atoms with Gasteiger partial charge < -0.3 is 20.5 Å². The first-order valence-electron chi connectivity index (χ1n) is 8.99. The smallest absolute Gasteiger partial charge is 0.229 e. The SMILES string of the molecule is CC1(N)CCCCC1C(=O)Nc1ccc(OCC2CCCO2)cc1.Cl. The number of hydrogen-bond donors (Lipinski definition) is 2. The Kier molecular flexibility index (Phi) is 7.11. The number of amides is 1. The van der Waals surface area contributed by atoms with Crippen molar-refractivity contribution in [2.45, 2.75) is 57.1 Å². The minimum Gasteiger partial charge on any atom is -0.491 e. The number of carbonyl (C=O) groups is 1. The molecule has 2 fully saturated rings. The largest absolute Gasteiger partial charge is 0.491 e. The van der Waals surface area contributed by atoms with E-state index in [1.807, 2.05) is 31.2 Å². The monoisotopic (exact) mass is 368 g/mol. The molecule has 1 aromatic rings. The molecule has 1 aliphatic carbocycles. The summed E-state index contributed by atoms with van der Waals surface area (Å²) in [5.74, 6) is 0.694. The zero-order valence-electron chi connectivity index (χ0n) is 14.8. The normalized spacial score (nSPS) is 28.9. The lowest BCUT2D eigenvalue weighted by Crippen LogP contribution is -2.51. The quantitative estimate of drug-likeness (QED) is 0.834. The molecule has 1 saturated heterocycles. The number of rotatable bonds is 5. The molecule has 1 amide bonds. The molecule has 3 unspecified atom stereocenters. The number of carbonyl (C=O) groups excluding carboxylic acids is 1. The number of nitrogens with one attached hydrogen (secondary N) is 1. The van der Waals surface area contributed by atoms with E-state index in [0.717, 1.165) is 56.6 Å². The molecule has 0 aromatic heterocycles. The van der Waals surface area contributed by atoms with Crippen LogP contribution in [-0.4, -0.2) is 30.8 Å². The van der Waals surface area contributed by atoms with Gasteiger partial charge in [0.2, 0.25) is 5.91 Å². The zero-order chi connectivity index (χ0) is 17.0. The Morgan fingerprint density at radius 3 is 2.68 bits per heavy atom. The molecular formula is C19H29ClN2O3. The average molecular weight is 369 g/mol. The van der Waals surface area contributed by atoms with E-state index in [2.05, 4.69) is 5.32 Å². The number of halogens is 1. The Morgan fingerprint density at radius 1 is 1.28 bits per heavy atom. The molecule has 1 aromatic carbocycles. The molecule has 0 radical (unpaired) electrons. The van der Waals surface area contributed by atoms with Crippen molar-refractivity contribution in [1.82, 2.24) is 0 Å². The predicted molar refractivity (Wildman–Crippen MR) is 101 cm³/mol. The molecule has 6 heteroatoms. The highest BCUT2D eigenvalue weighted by Crippen LogP contribution is 2.32. The fraction of sp³-hybridized carbons (Fsp3) is 0.632. The van der Waals surface area contributed by atoms with Gasteiger partial charge in [-0.05, 0) is 56.9 Å². The Bertz CT molecular complexity index is 556. The molecular weight excluding hydrogens is 340 g/mol. The van der Waals surface area contributed by atoms with Crippen LogP contribution in [0.15, 0.2) is 24.3 Å². The van der Waals surface area contributed by atoms with Crippen LogP contribution in [-0.2, 0) is 9.53 Å². The molecule has 140 valence electrons. The highest BCUT2D eigenvalue weighted by molar-refractivity contribution is 5.93. The van der Waals surface area contributed by atoms with Crippen molar-refractivity contribution >= 4 is 24.0 Å². The van der Waals surface area contributed by atoms with Crippen LogP contribution in [0, 0.1) is 5.92 Å². The van der Waals surface area contributed by atoms with Crippen LogP contribution in [0.5, 0.6) is 5.75 Å². The van der Waals surface area contributed by atoms with Gasteiger partial charge in [-0.2, -0.15) is 0 Å². The van der Waals surface area contributed by atoms with Crippen LogP contribution in [0.1, 0.15) is 45.4 Å². The van der Waals surface area contributed by atoms with Crippen molar-refractivity contribution in [2.75, 3.05) is 18.5 Å². The van der Waals surface area contributed by atoms with Crippen molar-refractivity contribution in [3.05, 3.63) is 24.3 Å². The third kappa shape index (κ3) is 5.33. The highest BCUT2D eigenvalue weighted by atomic mass is 35.5. The van der Waals surface area contributed by atoms with E-state index < -0.39 is 5.54 Å². The van der Waals surface area contributed by atoms with Crippen LogP contribution in [0.3, 0.4) is 0 Å². The van der Waals surface area contributed by atoms with Gasteiger partial charge in [-0.15, -0.1) is 12.4 Å². The molecule has 1 saturated carbocycles. The van der Waals surface area contributed by atoms with E-state index in [9.17, 15) is 4.79 Å². The number of hydrogen-bond acceptors (Lipinski definition) is 4. The summed E-state index contributed by atoms with van der Waals surface area (Å²) in [5.41, 5.74) is 6.68. The van der Waals surface area contributed by atoms with E-state index in [1.54, 1.807) is 0 Å². The summed E-state index contributed by atoms with van der Waals surface area (Å²) < 4.78 is 11.3. The molecule has 0 spiro atoms. The standard InChI is InChI=1S/C19H28N2O3.ClH/c1-19(20)11-3-2-6-17(19)18(22)21-14-7-9-15(10-8-14)24-13-16-5-4-12-23-16;/h7-10,16-17H,2-6,11-13,20H2,1H3,(H,21,22);1H. The first-order valence-corrected chi connectivity index (χ1v) is 8.99. The van der Waals surface area contributed by atoms with Crippen LogP contribution < -0.4 is 15.8 Å². The molecule has 1 heterocycles. The van der Waals surface area contributed by atoms with Gasteiger partial charge in [-0.3, -0.25) is 4.79 Å². The average Bonchev–Trinajstić information content (AvgIpc) is 3.07. The van der Waals surface area contributed by atoms with Gasteiger partial charge >= 0.3 is 0 Å². The topological polar surface area (TPSA) is 73.6 Å². The molecule has 5 nitrogen and oxygen atoms in total. The first-order chi connectivity index (χ1) is 11.5. The van der Waals surface area contributed by atoms with Crippen LogP contribution in [0.25, 0.3) is 0 Å². The summed E-state index contributed by atoms with van der Waals surface area (Å²) in [5, 5.41) is 2.99. The first kappa shape index (κ1) is 20.0. The Hall–Kier alpha value is -1.30. The fourth-order valence-electron chi connectivity index (χ4n) is 3.62. The van der Waals surface area contributed by atoms with Crippen molar-refractivity contribution < 1.29 is 14.3 Å². The van der Waals surface area contributed by atoms with E-state index in [-0.39, 0.29) is 30.3 Å². The summed E-state index contributed by atoms with van der Waals surface area (Å²) in [6.45, 7) is 3.40. The lowest BCUT2D eigenvalue weighted by atomic mass is 9.74. The summed E-state index contributed by atoms with van der Waals surface area (Å²) in [6.07, 6.45) is 6.32. The van der Waals surface area contributed by atoms with Crippen molar-refractivity contribution in [1.29, 1.82) is 0 Å². The van der Waals surface area contributed by atoms with Gasteiger partial charge in [0.1, 0.15) is 12.4 Å². The minimum atomic E-state index is -0.410. The molecule has 3 rings (SSSR count). The summed E-state index contributed by atoms with van der Waals surface area (Å²) in [6, 6.07) is 7.51. The van der Waals surface area contributed by atoms with Gasteiger partial charge in [-0.1, -0.05) is 12.8 Å². The van der Waals surface area contributed by atoms with E-state index >= 15 is 0 Å². The maximum absolute atomic E-state index is 12.5. The van der Waals surface area contributed by atoms with Crippen LogP contribution in [0.4, 0.5) is 5.69 Å². The summed E-state index contributed by atoms with van der Waals surface area (Å²) >= 11 is 0. The van der Waals surface area contributed by atoms with E-state index in [0.29, 0.717) is 6.61 Å². The third-order valence-electron chi connectivity index (χ3n) is 5.15.